The lowest BCUT2D eigenvalue weighted by Crippen LogP contribution is -2.52. The average Bonchev–Trinajstić information content (AvgIpc) is 2.52. The van der Waals surface area contributed by atoms with E-state index in [0.717, 1.165) is 0 Å². The molecule has 1 heterocycles. The van der Waals surface area contributed by atoms with Crippen LogP contribution in [-0.2, 0) is 4.74 Å². The maximum Gasteiger partial charge on any atom is 0.410 e. The first-order valence-corrected chi connectivity index (χ1v) is 7.80. The smallest absolute Gasteiger partial charge is 0.410 e. The Kier molecular flexibility index (Phi) is 5.15. The van der Waals surface area contributed by atoms with E-state index < -0.39 is 28.8 Å². The van der Waals surface area contributed by atoms with Crippen LogP contribution in [0.5, 0.6) is 0 Å². The number of nitro benzene ring substituents is 1. The maximum atomic E-state index is 12.3. The molecular formula is C16H21N3O6. The molecule has 0 radical (unpaired) electrons. The first-order chi connectivity index (χ1) is 11.6. The molecule has 1 aromatic carbocycles. The van der Waals surface area contributed by atoms with Gasteiger partial charge in [0.15, 0.2) is 0 Å². The molecule has 2 amide bonds. The van der Waals surface area contributed by atoms with E-state index >= 15 is 0 Å². The van der Waals surface area contributed by atoms with Crippen molar-refractivity contribution in [2.45, 2.75) is 32.4 Å². The second-order valence-corrected chi connectivity index (χ2v) is 6.77. The number of hydrogen-bond donors (Lipinski definition) is 1. The van der Waals surface area contributed by atoms with E-state index in [2.05, 4.69) is 0 Å². The fraction of sp³-hybridized carbons (Fsp3) is 0.500. The van der Waals surface area contributed by atoms with Crippen LogP contribution in [0.2, 0.25) is 0 Å². The Hall–Kier alpha value is -2.84. The van der Waals surface area contributed by atoms with Crippen LogP contribution in [0.15, 0.2) is 24.3 Å². The number of non-ortho nitro benzene ring substituents is 1. The fourth-order valence-corrected chi connectivity index (χ4v) is 2.61. The number of carbonyl (C=O) groups excluding carboxylic acids is 1. The summed E-state index contributed by atoms with van der Waals surface area (Å²) in [4.78, 5) is 36.7. The molecule has 9 nitrogen and oxygen atoms in total. The molecule has 0 bridgehead atoms. The molecule has 2 rings (SSSR count). The second-order valence-electron chi connectivity index (χ2n) is 6.77. The molecule has 136 valence electrons. The van der Waals surface area contributed by atoms with Gasteiger partial charge in [0.1, 0.15) is 5.60 Å². The molecule has 1 aliphatic rings. The highest BCUT2D eigenvalue weighted by Crippen LogP contribution is 2.28. The van der Waals surface area contributed by atoms with Gasteiger partial charge >= 0.3 is 12.2 Å². The first-order valence-electron chi connectivity index (χ1n) is 7.80. The van der Waals surface area contributed by atoms with E-state index in [1.807, 2.05) is 0 Å². The summed E-state index contributed by atoms with van der Waals surface area (Å²) in [7, 11) is 0. The van der Waals surface area contributed by atoms with Crippen molar-refractivity contribution in [3.05, 3.63) is 39.9 Å². The number of piperazine rings is 1. The summed E-state index contributed by atoms with van der Waals surface area (Å²) in [6, 6.07) is 5.05. The van der Waals surface area contributed by atoms with Crippen LogP contribution < -0.4 is 0 Å². The number of nitrogens with zero attached hydrogens (tertiary/aromatic N) is 3. The number of hydrogen-bond acceptors (Lipinski definition) is 5. The van der Waals surface area contributed by atoms with E-state index in [9.17, 15) is 24.8 Å². The predicted molar refractivity (Wildman–Crippen MR) is 88.4 cm³/mol. The number of amides is 2. The Morgan fingerprint density at radius 3 is 2.32 bits per heavy atom. The van der Waals surface area contributed by atoms with Gasteiger partial charge in [-0.15, -0.1) is 0 Å². The van der Waals surface area contributed by atoms with Gasteiger partial charge in [-0.3, -0.25) is 15.0 Å². The van der Waals surface area contributed by atoms with Crippen LogP contribution in [0.25, 0.3) is 0 Å². The second kappa shape index (κ2) is 6.96. The van der Waals surface area contributed by atoms with E-state index in [-0.39, 0.29) is 25.3 Å². The lowest BCUT2D eigenvalue weighted by molar-refractivity contribution is -0.384. The number of nitro groups is 1. The molecule has 0 saturated carbocycles. The number of rotatable bonds is 2. The van der Waals surface area contributed by atoms with Crippen molar-refractivity contribution in [1.82, 2.24) is 9.80 Å². The van der Waals surface area contributed by atoms with Crippen LogP contribution >= 0.6 is 0 Å². The van der Waals surface area contributed by atoms with Gasteiger partial charge in [0.2, 0.25) is 0 Å². The van der Waals surface area contributed by atoms with E-state index in [4.69, 9.17) is 4.74 Å². The van der Waals surface area contributed by atoms with Crippen molar-refractivity contribution in [3.63, 3.8) is 0 Å². The topological polar surface area (TPSA) is 113 Å². The van der Waals surface area contributed by atoms with E-state index in [0.29, 0.717) is 5.56 Å². The third-order valence-electron chi connectivity index (χ3n) is 3.77. The Morgan fingerprint density at radius 2 is 1.84 bits per heavy atom. The van der Waals surface area contributed by atoms with Crippen molar-refractivity contribution < 1.29 is 24.4 Å². The lowest BCUT2D eigenvalue weighted by atomic mass is 10.0. The summed E-state index contributed by atoms with van der Waals surface area (Å²) in [6.45, 7) is 5.75. The Morgan fingerprint density at radius 1 is 1.24 bits per heavy atom. The maximum absolute atomic E-state index is 12.3. The van der Waals surface area contributed by atoms with Crippen LogP contribution in [0, 0.1) is 10.1 Å². The minimum absolute atomic E-state index is 0.0783. The lowest BCUT2D eigenvalue weighted by Gasteiger charge is -2.40. The van der Waals surface area contributed by atoms with Gasteiger partial charge in [0, 0.05) is 31.8 Å². The number of benzene rings is 1. The standard InChI is InChI=1S/C16H21N3O6/c1-16(2,3)25-15(22)17-8-9-18(14(20)21)13(10-17)11-4-6-12(7-5-11)19(23)24/h4-7,13H,8-10H2,1-3H3,(H,20,21). The van der Waals surface area contributed by atoms with Gasteiger partial charge in [-0.25, -0.2) is 9.59 Å². The fourth-order valence-electron chi connectivity index (χ4n) is 2.61. The normalized spacial score (nSPS) is 18.0. The van der Waals surface area contributed by atoms with Crippen LogP contribution in [0.1, 0.15) is 32.4 Å². The minimum Gasteiger partial charge on any atom is -0.465 e. The van der Waals surface area contributed by atoms with Crippen LogP contribution in [0.3, 0.4) is 0 Å². The molecule has 1 atom stereocenters. The summed E-state index contributed by atoms with van der Waals surface area (Å²) in [5.41, 5.74) is -0.143. The predicted octanol–water partition coefficient (Wildman–Crippen LogP) is 2.87. The van der Waals surface area contributed by atoms with Crippen LogP contribution in [0.4, 0.5) is 15.3 Å². The first kappa shape index (κ1) is 18.5. The summed E-state index contributed by atoms with van der Waals surface area (Å²) in [6.07, 6.45) is -1.61. The third kappa shape index (κ3) is 4.59. The number of carbonyl (C=O) groups is 2. The molecule has 1 fully saturated rings. The van der Waals surface area contributed by atoms with Gasteiger partial charge in [-0.05, 0) is 26.3 Å². The van der Waals surface area contributed by atoms with Crippen molar-refractivity contribution in [3.8, 4) is 0 Å². The van der Waals surface area contributed by atoms with Crippen molar-refractivity contribution >= 4 is 17.9 Å². The van der Waals surface area contributed by atoms with Crippen LogP contribution in [-0.4, -0.2) is 57.3 Å². The van der Waals surface area contributed by atoms with Crippen molar-refractivity contribution in [2.75, 3.05) is 19.6 Å². The van der Waals surface area contributed by atoms with Crippen molar-refractivity contribution in [2.24, 2.45) is 0 Å². The highest BCUT2D eigenvalue weighted by atomic mass is 16.6. The average molecular weight is 351 g/mol. The van der Waals surface area contributed by atoms with Gasteiger partial charge in [-0.1, -0.05) is 12.1 Å². The molecule has 1 N–H and O–H groups in total. The summed E-state index contributed by atoms with van der Waals surface area (Å²) in [5, 5.41) is 20.2. The molecule has 1 aliphatic heterocycles. The largest absolute Gasteiger partial charge is 0.465 e. The van der Waals surface area contributed by atoms with Crippen molar-refractivity contribution in [1.29, 1.82) is 0 Å². The van der Waals surface area contributed by atoms with Gasteiger partial charge in [0.25, 0.3) is 5.69 Å². The molecule has 0 spiro atoms. The zero-order valence-electron chi connectivity index (χ0n) is 14.3. The van der Waals surface area contributed by atoms with Gasteiger partial charge in [0.05, 0.1) is 11.0 Å². The molecule has 25 heavy (non-hydrogen) atoms. The third-order valence-corrected chi connectivity index (χ3v) is 3.77. The van der Waals surface area contributed by atoms with Gasteiger partial charge < -0.3 is 14.7 Å². The van der Waals surface area contributed by atoms with E-state index in [1.54, 1.807) is 20.8 Å². The summed E-state index contributed by atoms with van der Waals surface area (Å²) in [5.74, 6) is 0. The summed E-state index contributed by atoms with van der Waals surface area (Å²) >= 11 is 0. The Balaban J connectivity index is 2.22. The molecular weight excluding hydrogens is 330 g/mol. The highest BCUT2D eigenvalue weighted by molar-refractivity contribution is 5.70. The molecule has 0 aromatic heterocycles. The highest BCUT2D eigenvalue weighted by Gasteiger charge is 2.35. The molecule has 1 unspecified atom stereocenters. The molecule has 9 heteroatoms. The molecule has 1 aromatic rings. The molecule has 0 aliphatic carbocycles. The Bertz CT molecular complexity index is 667. The summed E-state index contributed by atoms with van der Waals surface area (Å²) < 4.78 is 5.34. The number of ether oxygens (including phenoxy) is 1. The molecule has 1 saturated heterocycles. The zero-order chi connectivity index (χ0) is 18.8. The SMILES string of the molecule is CC(C)(C)OC(=O)N1CCN(C(=O)O)C(c2ccc([N+](=O)[O-])cc2)C1. The van der Waals surface area contributed by atoms with Gasteiger partial charge in [-0.2, -0.15) is 0 Å². The number of carboxylic acid groups (broad SMARTS) is 1. The van der Waals surface area contributed by atoms with E-state index in [1.165, 1.54) is 34.1 Å². The zero-order valence-corrected chi connectivity index (χ0v) is 14.3. The minimum atomic E-state index is -1.10. The Labute approximate surface area is 144 Å². The monoisotopic (exact) mass is 351 g/mol. The quantitative estimate of drug-likeness (QED) is 0.647.